The molecule has 29 heavy (non-hydrogen) atoms. The maximum Gasteiger partial charge on any atom is 0.410 e. The first-order valence-corrected chi connectivity index (χ1v) is 10.1. The van der Waals surface area contributed by atoms with Gasteiger partial charge in [-0.2, -0.15) is 4.98 Å². The van der Waals surface area contributed by atoms with Crippen LogP contribution in [-0.2, 0) is 4.79 Å². The van der Waals surface area contributed by atoms with Crippen LogP contribution in [0.5, 0.6) is 0 Å². The van der Waals surface area contributed by atoms with E-state index < -0.39 is 17.3 Å². The van der Waals surface area contributed by atoms with Gasteiger partial charge in [0.1, 0.15) is 0 Å². The molecule has 2 aliphatic heterocycles. The molecule has 9 nitrogen and oxygen atoms in total. The minimum atomic E-state index is -1.40. The van der Waals surface area contributed by atoms with Crippen LogP contribution in [0.2, 0.25) is 0 Å². The van der Waals surface area contributed by atoms with Crippen LogP contribution in [0.1, 0.15) is 44.9 Å². The largest absolute Gasteiger partial charge is 0.465 e. The van der Waals surface area contributed by atoms with E-state index in [9.17, 15) is 19.1 Å². The molecule has 3 heterocycles. The SMILES string of the molecule is O=C(O)Nc1nc(N2CCC[C@@]3(CCN(C4CCC(O)CC4)C3=O)C2)ncc1F. The van der Waals surface area contributed by atoms with Gasteiger partial charge in [-0.3, -0.25) is 10.1 Å². The predicted molar refractivity (Wildman–Crippen MR) is 102 cm³/mol. The van der Waals surface area contributed by atoms with Gasteiger partial charge in [-0.05, 0) is 44.9 Å². The number of carboxylic acid groups (broad SMARTS) is 1. The van der Waals surface area contributed by atoms with Crippen molar-refractivity contribution in [1.29, 1.82) is 0 Å². The maximum atomic E-state index is 13.8. The third-order valence-corrected chi connectivity index (χ3v) is 6.47. The van der Waals surface area contributed by atoms with Crippen molar-refractivity contribution in [3.63, 3.8) is 0 Å². The Morgan fingerprint density at radius 1 is 1.24 bits per heavy atom. The van der Waals surface area contributed by atoms with E-state index in [4.69, 9.17) is 5.11 Å². The lowest BCUT2D eigenvalue weighted by atomic mass is 9.78. The molecule has 0 aromatic carbocycles. The molecule has 0 radical (unpaired) electrons. The van der Waals surface area contributed by atoms with Gasteiger partial charge in [-0.15, -0.1) is 0 Å². The number of hydrogen-bond donors (Lipinski definition) is 3. The second-order valence-corrected chi connectivity index (χ2v) is 8.31. The van der Waals surface area contributed by atoms with Crippen molar-refractivity contribution in [2.45, 2.75) is 57.1 Å². The molecule has 3 N–H and O–H groups in total. The lowest BCUT2D eigenvalue weighted by Gasteiger charge is -2.40. The summed E-state index contributed by atoms with van der Waals surface area (Å²) in [5.41, 5.74) is -0.507. The number of aliphatic hydroxyl groups is 1. The summed E-state index contributed by atoms with van der Waals surface area (Å²) >= 11 is 0. The molecule has 4 rings (SSSR count). The number of carbonyl (C=O) groups excluding carboxylic acids is 1. The van der Waals surface area contributed by atoms with E-state index in [1.54, 1.807) is 0 Å². The second-order valence-electron chi connectivity index (χ2n) is 8.31. The van der Waals surface area contributed by atoms with Crippen LogP contribution < -0.4 is 10.2 Å². The van der Waals surface area contributed by atoms with Gasteiger partial charge in [0.25, 0.3) is 0 Å². The molecule has 1 atom stereocenters. The summed E-state index contributed by atoms with van der Waals surface area (Å²) in [6.45, 7) is 1.78. The van der Waals surface area contributed by atoms with Crippen LogP contribution in [-0.4, -0.2) is 68.9 Å². The lowest BCUT2D eigenvalue weighted by molar-refractivity contribution is -0.139. The fourth-order valence-electron chi connectivity index (χ4n) is 4.95. The fraction of sp³-hybridized carbons (Fsp3) is 0.684. The number of halogens is 1. The van der Waals surface area contributed by atoms with Crippen LogP contribution in [0, 0.1) is 11.2 Å². The first kappa shape index (κ1) is 19.8. The van der Waals surface area contributed by atoms with Gasteiger partial charge >= 0.3 is 6.09 Å². The Bertz CT molecular complexity index is 801. The molecule has 1 aromatic rings. The van der Waals surface area contributed by atoms with Crippen molar-refractivity contribution in [2.24, 2.45) is 5.41 Å². The van der Waals surface area contributed by atoms with Gasteiger partial charge < -0.3 is 20.0 Å². The molecule has 158 valence electrons. The number of rotatable bonds is 3. The van der Waals surface area contributed by atoms with Gasteiger partial charge in [0.05, 0.1) is 17.7 Å². The Morgan fingerprint density at radius 2 is 2.00 bits per heavy atom. The van der Waals surface area contributed by atoms with Gasteiger partial charge in [0.15, 0.2) is 11.6 Å². The van der Waals surface area contributed by atoms with Crippen molar-refractivity contribution in [2.75, 3.05) is 29.9 Å². The summed E-state index contributed by atoms with van der Waals surface area (Å²) in [6, 6.07) is 0.189. The predicted octanol–water partition coefficient (Wildman–Crippen LogP) is 1.83. The molecule has 10 heteroatoms. The molecular formula is C19H26FN5O4. The highest BCUT2D eigenvalue weighted by Gasteiger charge is 2.51. The summed E-state index contributed by atoms with van der Waals surface area (Å²) in [7, 11) is 0. The normalized spacial score (nSPS) is 30.1. The molecule has 2 saturated heterocycles. The Labute approximate surface area is 167 Å². The van der Waals surface area contributed by atoms with E-state index in [0.717, 1.165) is 51.1 Å². The smallest absolute Gasteiger partial charge is 0.410 e. The summed E-state index contributed by atoms with van der Waals surface area (Å²) in [5, 5.41) is 20.5. The minimum Gasteiger partial charge on any atom is -0.465 e. The monoisotopic (exact) mass is 407 g/mol. The van der Waals surface area contributed by atoms with Crippen LogP contribution in [0.15, 0.2) is 6.20 Å². The number of carbonyl (C=O) groups is 2. The van der Waals surface area contributed by atoms with Crippen molar-refractivity contribution in [3.8, 4) is 0 Å². The molecular weight excluding hydrogens is 381 g/mol. The molecule has 3 aliphatic rings. The lowest BCUT2D eigenvalue weighted by Crippen LogP contribution is -2.50. The average molecular weight is 407 g/mol. The second kappa shape index (κ2) is 7.74. The molecule has 0 unspecified atom stereocenters. The number of piperidine rings is 1. The maximum absolute atomic E-state index is 13.8. The number of amides is 2. The zero-order valence-electron chi connectivity index (χ0n) is 16.2. The van der Waals surface area contributed by atoms with E-state index in [0.29, 0.717) is 19.6 Å². The van der Waals surface area contributed by atoms with Crippen LogP contribution in [0.4, 0.5) is 21.0 Å². The summed E-state index contributed by atoms with van der Waals surface area (Å²) in [5.74, 6) is -0.858. The van der Waals surface area contributed by atoms with Crippen LogP contribution in [0.3, 0.4) is 0 Å². The van der Waals surface area contributed by atoms with E-state index in [1.807, 2.05) is 15.1 Å². The number of hydrogen-bond acceptors (Lipinski definition) is 6. The molecule has 1 saturated carbocycles. The molecule has 1 aromatic heterocycles. The van der Waals surface area contributed by atoms with Crippen molar-refractivity contribution < 1.29 is 24.2 Å². The Kier molecular flexibility index (Phi) is 5.28. The highest BCUT2D eigenvalue weighted by Crippen LogP contribution is 2.43. The number of aromatic nitrogens is 2. The molecule has 1 aliphatic carbocycles. The topological polar surface area (TPSA) is 119 Å². The van der Waals surface area contributed by atoms with E-state index in [-0.39, 0.29) is 29.8 Å². The van der Waals surface area contributed by atoms with Crippen molar-refractivity contribution in [3.05, 3.63) is 12.0 Å². The van der Waals surface area contributed by atoms with Gasteiger partial charge in [0.2, 0.25) is 11.9 Å². The van der Waals surface area contributed by atoms with Crippen molar-refractivity contribution in [1.82, 2.24) is 14.9 Å². The fourth-order valence-corrected chi connectivity index (χ4v) is 4.95. The van der Waals surface area contributed by atoms with Gasteiger partial charge in [0, 0.05) is 25.7 Å². The Balaban J connectivity index is 1.50. The summed E-state index contributed by atoms with van der Waals surface area (Å²) in [6.07, 6.45) is 4.74. The van der Waals surface area contributed by atoms with Gasteiger partial charge in [-0.25, -0.2) is 14.2 Å². The van der Waals surface area contributed by atoms with Crippen LogP contribution in [0.25, 0.3) is 0 Å². The number of likely N-dealkylation sites (tertiary alicyclic amines) is 1. The number of nitrogens with zero attached hydrogens (tertiary/aromatic N) is 4. The molecule has 0 bridgehead atoms. The third kappa shape index (κ3) is 3.85. The highest BCUT2D eigenvalue weighted by molar-refractivity contribution is 5.86. The van der Waals surface area contributed by atoms with E-state index in [2.05, 4.69) is 9.97 Å². The Morgan fingerprint density at radius 3 is 2.72 bits per heavy atom. The van der Waals surface area contributed by atoms with E-state index >= 15 is 0 Å². The first-order valence-electron chi connectivity index (χ1n) is 10.1. The molecule has 2 amide bonds. The van der Waals surface area contributed by atoms with E-state index in [1.165, 1.54) is 0 Å². The quantitative estimate of drug-likeness (QED) is 0.699. The zero-order valence-corrected chi connectivity index (χ0v) is 16.2. The van der Waals surface area contributed by atoms with Crippen molar-refractivity contribution >= 4 is 23.8 Å². The van der Waals surface area contributed by atoms with Crippen LogP contribution >= 0.6 is 0 Å². The average Bonchev–Trinajstić information content (AvgIpc) is 3.00. The third-order valence-electron chi connectivity index (χ3n) is 6.47. The first-order chi connectivity index (χ1) is 13.9. The highest BCUT2D eigenvalue weighted by atomic mass is 19.1. The Hall–Kier alpha value is -2.49. The molecule has 1 spiro atoms. The number of anilines is 2. The zero-order chi connectivity index (χ0) is 20.6. The summed E-state index contributed by atoms with van der Waals surface area (Å²) < 4.78 is 13.8. The molecule has 3 fully saturated rings. The standard InChI is InChI=1S/C19H26FN5O4/c20-14-10-21-17(22-15(14)23-18(28)29)24-8-1-6-19(11-24)7-9-25(16(19)27)12-2-4-13(26)5-3-12/h10,12-13,26H,1-9,11H2,(H,28,29)(H,21,22,23)/t12?,13?,19-/m1/s1. The van der Waals surface area contributed by atoms with Gasteiger partial charge in [-0.1, -0.05) is 0 Å². The minimum absolute atomic E-state index is 0.148. The summed E-state index contributed by atoms with van der Waals surface area (Å²) in [4.78, 5) is 36.1. The number of nitrogens with one attached hydrogen (secondary N) is 1. The number of aliphatic hydroxyl groups excluding tert-OH is 1.